The highest BCUT2D eigenvalue weighted by atomic mass is 15.0. The zero-order valence-electron chi connectivity index (χ0n) is 10.2. The maximum absolute atomic E-state index is 8.62. The molecule has 17 heavy (non-hydrogen) atoms. The van der Waals surface area contributed by atoms with Gasteiger partial charge in [-0.25, -0.2) is 0 Å². The van der Waals surface area contributed by atoms with E-state index in [0.29, 0.717) is 18.3 Å². The van der Waals surface area contributed by atoms with Gasteiger partial charge >= 0.3 is 0 Å². The lowest BCUT2D eigenvalue weighted by Crippen LogP contribution is -2.16. The van der Waals surface area contributed by atoms with Crippen LogP contribution in [0.25, 0.3) is 6.08 Å². The van der Waals surface area contributed by atoms with Crippen molar-refractivity contribution in [2.75, 3.05) is 6.54 Å². The van der Waals surface area contributed by atoms with E-state index in [2.05, 4.69) is 24.2 Å². The van der Waals surface area contributed by atoms with E-state index in [1.54, 1.807) is 0 Å². The minimum absolute atomic E-state index is 0.482. The van der Waals surface area contributed by atoms with Crippen molar-refractivity contribution in [1.82, 2.24) is 5.32 Å². The van der Waals surface area contributed by atoms with Crippen molar-refractivity contribution in [3.63, 3.8) is 0 Å². The maximum Gasteiger partial charge on any atom is 0.182 e. The summed E-state index contributed by atoms with van der Waals surface area (Å²) < 4.78 is 0. The van der Waals surface area contributed by atoms with Crippen LogP contribution in [-0.4, -0.2) is 12.4 Å². The molecule has 3 heteroatoms. The maximum atomic E-state index is 8.62. The third-order valence-corrected chi connectivity index (χ3v) is 2.04. The van der Waals surface area contributed by atoms with Crippen LogP contribution in [0.5, 0.6) is 0 Å². The molecule has 0 heterocycles. The topological polar surface area (TPSA) is 48.2 Å². The number of nitriles is 1. The molecule has 88 valence electrons. The summed E-state index contributed by atoms with van der Waals surface area (Å²) in [4.78, 5) is 4.32. The van der Waals surface area contributed by atoms with Gasteiger partial charge < -0.3 is 0 Å². The van der Waals surface area contributed by atoms with E-state index >= 15 is 0 Å². The van der Waals surface area contributed by atoms with Gasteiger partial charge in [-0.1, -0.05) is 50.3 Å². The Morgan fingerprint density at radius 3 is 2.71 bits per heavy atom. The summed E-state index contributed by atoms with van der Waals surface area (Å²) >= 11 is 0. The lowest BCUT2D eigenvalue weighted by Gasteiger charge is -2.01. The smallest absolute Gasteiger partial charge is 0.182 e. The lowest BCUT2D eigenvalue weighted by molar-refractivity contribution is 0.664. The van der Waals surface area contributed by atoms with Crippen LogP contribution in [0.2, 0.25) is 0 Å². The molecule has 0 atom stereocenters. The molecule has 1 aromatic rings. The molecule has 0 aromatic heterocycles. The number of aliphatic imine (C=N–C) groups is 1. The molecule has 0 saturated carbocycles. The second-order valence-electron chi connectivity index (χ2n) is 4.10. The Kier molecular flexibility index (Phi) is 5.53. The Balaban J connectivity index is 2.70. The monoisotopic (exact) mass is 227 g/mol. The Morgan fingerprint density at radius 1 is 1.41 bits per heavy atom. The van der Waals surface area contributed by atoms with Gasteiger partial charge in [0.25, 0.3) is 0 Å². The Hall–Kier alpha value is -2.08. The van der Waals surface area contributed by atoms with E-state index in [4.69, 9.17) is 5.26 Å². The molecule has 3 nitrogen and oxygen atoms in total. The first-order valence-corrected chi connectivity index (χ1v) is 5.65. The molecule has 0 aliphatic carbocycles. The zero-order chi connectivity index (χ0) is 12.5. The van der Waals surface area contributed by atoms with Gasteiger partial charge in [0.2, 0.25) is 0 Å². The van der Waals surface area contributed by atoms with E-state index in [0.717, 1.165) is 5.56 Å². The van der Waals surface area contributed by atoms with Gasteiger partial charge in [0.15, 0.2) is 6.19 Å². The molecule has 0 fully saturated rings. The Labute approximate surface area is 102 Å². The average Bonchev–Trinajstić information content (AvgIpc) is 2.34. The molecule has 0 aliphatic heterocycles. The van der Waals surface area contributed by atoms with Gasteiger partial charge in [0, 0.05) is 6.54 Å². The molecule has 0 amide bonds. The quantitative estimate of drug-likeness (QED) is 0.372. The fraction of sp³-hybridized carbons (Fsp3) is 0.286. The first-order chi connectivity index (χ1) is 8.22. The van der Waals surface area contributed by atoms with E-state index < -0.39 is 0 Å². The predicted molar refractivity (Wildman–Crippen MR) is 71.4 cm³/mol. The SMILES string of the molecule is CC(C)CN=C(C=Cc1ccccc1)NC#N. The van der Waals surface area contributed by atoms with Crippen molar-refractivity contribution in [3.05, 3.63) is 42.0 Å². The molecule has 0 radical (unpaired) electrons. The van der Waals surface area contributed by atoms with Crippen molar-refractivity contribution in [2.45, 2.75) is 13.8 Å². The highest BCUT2D eigenvalue weighted by Crippen LogP contribution is 2.01. The first-order valence-electron chi connectivity index (χ1n) is 5.65. The fourth-order valence-corrected chi connectivity index (χ4v) is 1.21. The van der Waals surface area contributed by atoms with E-state index in [-0.39, 0.29) is 0 Å². The summed E-state index contributed by atoms with van der Waals surface area (Å²) in [5.74, 6) is 1.08. The minimum atomic E-state index is 0.482. The molecular formula is C14H17N3. The molecule has 1 rings (SSSR count). The van der Waals surface area contributed by atoms with Gasteiger partial charge in [-0.2, -0.15) is 5.26 Å². The number of nitrogens with zero attached hydrogens (tertiary/aromatic N) is 2. The summed E-state index contributed by atoms with van der Waals surface area (Å²) in [5, 5.41) is 11.2. The summed E-state index contributed by atoms with van der Waals surface area (Å²) in [6.07, 6.45) is 5.65. The van der Waals surface area contributed by atoms with E-state index in [9.17, 15) is 0 Å². The molecule has 0 unspecified atom stereocenters. The number of benzene rings is 1. The van der Waals surface area contributed by atoms with Crippen LogP contribution in [0, 0.1) is 17.4 Å². The number of nitrogens with one attached hydrogen (secondary N) is 1. The molecule has 0 bridgehead atoms. The lowest BCUT2D eigenvalue weighted by atomic mass is 10.2. The number of hydrogen-bond donors (Lipinski definition) is 1. The van der Waals surface area contributed by atoms with Crippen LogP contribution < -0.4 is 5.32 Å². The summed E-state index contributed by atoms with van der Waals surface area (Å²) in [6.45, 7) is 4.89. The van der Waals surface area contributed by atoms with Crippen molar-refractivity contribution in [3.8, 4) is 6.19 Å². The average molecular weight is 227 g/mol. The summed E-state index contributed by atoms with van der Waals surface area (Å²) in [7, 11) is 0. The summed E-state index contributed by atoms with van der Waals surface area (Å²) in [5.41, 5.74) is 1.09. The third-order valence-electron chi connectivity index (χ3n) is 2.04. The van der Waals surface area contributed by atoms with Crippen LogP contribution in [0.1, 0.15) is 19.4 Å². The Morgan fingerprint density at radius 2 is 2.12 bits per heavy atom. The van der Waals surface area contributed by atoms with Crippen LogP contribution in [0.15, 0.2) is 41.4 Å². The standard InChI is InChI=1S/C14H17N3/c1-12(2)10-16-14(17-11-15)9-8-13-6-4-3-5-7-13/h3-9,12H,10H2,1-2H3,(H,16,17). The highest BCUT2D eigenvalue weighted by Gasteiger charge is 1.94. The van der Waals surface area contributed by atoms with Gasteiger partial charge in [0.05, 0.1) is 0 Å². The van der Waals surface area contributed by atoms with Gasteiger partial charge in [-0.3, -0.25) is 10.3 Å². The Bertz CT molecular complexity index is 425. The van der Waals surface area contributed by atoms with Gasteiger partial charge in [-0.05, 0) is 17.6 Å². The van der Waals surface area contributed by atoms with E-state index in [1.165, 1.54) is 0 Å². The number of rotatable bonds is 4. The molecule has 1 aromatic carbocycles. The molecule has 0 spiro atoms. The van der Waals surface area contributed by atoms with Crippen molar-refractivity contribution >= 4 is 11.9 Å². The van der Waals surface area contributed by atoms with Crippen LogP contribution in [-0.2, 0) is 0 Å². The summed E-state index contributed by atoms with van der Waals surface area (Å²) in [6, 6.07) is 9.93. The van der Waals surface area contributed by atoms with Crippen molar-refractivity contribution < 1.29 is 0 Å². The highest BCUT2D eigenvalue weighted by molar-refractivity contribution is 5.97. The molecular weight excluding hydrogens is 210 g/mol. The van der Waals surface area contributed by atoms with Gasteiger partial charge in [-0.15, -0.1) is 0 Å². The van der Waals surface area contributed by atoms with Crippen LogP contribution in [0.4, 0.5) is 0 Å². The van der Waals surface area contributed by atoms with Crippen LogP contribution in [0.3, 0.4) is 0 Å². The second-order valence-corrected chi connectivity index (χ2v) is 4.10. The number of hydrogen-bond acceptors (Lipinski definition) is 2. The molecule has 0 aliphatic rings. The minimum Gasteiger partial charge on any atom is -0.277 e. The van der Waals surface area contributed by atoms with Gasteiger partial charge in [0.1, 0.15) is 5.84 Å². The van der Waals surface area contributed by atoms with Crippen molar-refractivity contribution in [1.29, 1.82) is 5.26 Å². The normalized spacial score (nSPS) is 11.8. The molecule has 0 saturated heterocycles. The largest absolute Gasteiger partial charge is 0.277 e. The molecule has 1 N–H and O–H groups in total. The predicted octanol–water partition coefficient (Wildman–Crippen LogP) is 2.82. The number of amidine groups is 1. The second kappa shape index (κ2) is 7.24. The zero-order valence-corrected chi connectivity index (χ0v) is 10.2. The first kappa shape index (κ1) is 13.0. The van der Waals surface area contributed by atoms with Crippen LogP contribution >= 0.6 is 0 Å². The van der Waals surface area contributed by atoms with Crippen molar-refractivity contribution in [2.24, 2.45) is 10.9 Å². The fourth-order valence-electron chi connectivity index (χ4n) is 1.21. The third kappa shape index (κ3) is 5.53. The van der Waals surface area contributed by atoms with E-state index in [1.807, 2.05) is 48.7 Å².